The largest absolute Gasteiger partial charge is 0.389 e. The first-order valence-electron chi connectivity index (χ1n) is 7.86. The third-order valence-electron chi connectivity index (χ3n) is 3.62. The highest BCUT2D eigenvalue weighted by atomic mass is 19.2. The van der Waals surface area contributed by atoms with Crippen LogP contribution in [-0.2, 0) is 6.54 Å². The summed E-state index contributed by atoms with van der Waals surface area (Å²) >= 11 is 0. The summed E-state index contributed by atoms with van der Waals surface area (Å²) in [5.74, 6) is -1.92. The van der Waals surface area contributed by atoms with Crippen LogP contribution in [0.5, 0.6) is 0 Å². The number of hydrogen-bond donors (Lipinski definition) is 2. The molecule has 3 nitrogen and oxygen atoms in total. The fourth-order valence-corrected chi connectivity index (χ4v) is 2.64. The number of halogens is 2. The first kappa shape index (κ1) is 18.5. The van der Waals surface area contributed by atoms with E-state index in [1.165, 1.54) is 6.07 Å². The van der Waals surface area contributed by atoms with Gasteiger partial charge in [0.25, 0.3) is 0 Å². The molecule has 0 spiro atoms. The molecular formula is C19H23F2NO2. The van der Waals surface area contributed by atoms with E-state index >= 15 is 0 Å². The number of aliphatic hydroxyl groups excluding tert-OH is 1. The normalized spacial score (nSPS) is 13.3. The Labute approximate surface area is 141 Å². The SMILES string of the molecule is CC(C)(O)CN(Cc1ccccc1)CC(O)c1ccc(F)c(F)c1. The third-order valence-corrected chi connectivity index (χ3v) is 3.62. The molecular weight excluding hydrogens is 312 g/mol. The summed E-state index contributed by atoms with van der Waals surface area (Å²) in [6, 6.07) is 13.1. The lowest BCUT2D eigenvalue weighted by Gasteiger charge is -2.30. The maximum absolute atomic E-state index is 13.4. The summed E-state index contributed by atoms with van der Waals surface area (Å²) < 4.78 is 26.4. The van der Waals surface area contributed by atoms with E-state index in [0.717, 1.165) is 17.7 Å². The average molecular weight is 335 g/mol. The van der Waals surface area contributed by atoms with Gasteiger partial charge in [0.05, 0.1) is 11.7 Å². The van der Waals surface area contributed by atoms with Gasteiger partial charge in [0.15, 0.2) is 11.6 Å². The van der Waals surface area contributed by atoms with E-state index in [4.69, 9.17) is 0 Å². The van der Waals surface area contributed by atoms with Crippen LogP contribution in [0.1, 0.15) is 31.1 Å². The van der Waals surface area contributed by atoms with Gasteiger partial charge in [-0.2, -0.15) is 0 Å². The molecule has 0 heterocycles. The van der Waals surface area contributed by atoms with Crippen molar-refractivity contribution in [1.82, 2.24) is 4.90 Å². The van der Waals surface area contributed by atoms with Crippen molar-refractivity contribution in [2.24, 2.45) is 0 Å². The topological polar surface area (TPSA) is 43.7 Å². The first-order valence-corrected chi connectivity index (χ1v) is 7.86. The predicted molar refractivity (Wildman–Crippen MR) is 89.3 cm³/mol. The molecule has 0 aliphatic rings. The zero-order valence-electron chi connectivity index (χ0n) is 13.9. The van der Waals surface area contributed by atoms with Gasteiger partial charge in [-0.25, -0.2) is 8.78 Å². The van der Waals surface area contributed by atoms with Gasteiger partial charge >= 0.3 is 0 Å². The molecule has 0 aliphatic heterocycles. The molecule has 0 saturated carbocycles. The van der Waals surface area contributed by atoms with E-state index in [1.54, 1.807) is 13.8 Å². The Morgan fingerprint density at radius 1 is 1.04 bits per heavy atom. The van der Waals surface area contributed by atoms with E-state index in [-0.39, 0.29) is 6.54 Å². The smallest absolute Gasteiger partial charge is 0.159 e. The summed E-state index contributed by atoms with van der Waals surface area (Å²) in [5, 5.41) is 20.5. The molecule has 0 fully saturated rings. The standard InChI is InChI=1S/C19H23F2NO2/c1-19(2,24)13-22(11-14-6-4-3-5-7-14)12-18(23)15-8-9-16(20)17(21)10-15/h3-10,18,23-24H,11-13H2,1-2H3. The first-order chi connectivity index (χ1) is 11.2. The van der Waals surface area contributed by atoms with Crippen molar-refractivity contribution in [3.05, 3.63) is 71.3 Å². The molecule has 0 amide bonds. The second-order valence-corrected chi connectivity index (χ2v) is 6.66. The highest BCUT2D eigenvalue weighted by molar-refractivity contribution is 5.20. The second-order valence-electron chi connectivity index (χ2n) is 6.66. The van der Waals surface area contributed by atoms with Gasteiger partial charge in [0.1, 0.15) is 0 Å². The zero-order valence-corrected chi connectivity index (χ0v) is 13.9. The van der Waals surface area contributed by atoms with E-state index in [0.29, 0.717) is 18.7 Å². The fourth-order valence-electron chi connectivity index (χ4n) is 2.64. The number of aliphatic hydroxyl groups is 2. The van der Waals surface area contributed by atoms with Crippen molar-refractivity contribution in [3.63, 3.8) is 0 Å². The minimum Gasteiger partial charge on any atom is -0.389 e. The molecule has 2 aromatic carbocycles. The molecule has 0 saturated heterocycles. The van der Waals surface area contributed by atoms with Crippen molar-refractivity contribution >= 4 is 0 Å². The Balaban J connectivity index is 2.12. The lowest BCUT2D eigenvalue weighted by Crippen LogP contribution is -2.40. The zero-order chi connectivity index (χ0) is 17.7. The Bertz CT molecular complexity index is 656. The highest BCUT2D eigenvalue weighted by Gasteiger charge is 2.22. The van der Waals surface area contributed by atoms with Crippen LogP contribution in [0.25, 0.3) is 0 Å². The molecule has 130 valence electrons. The summed E-state index contributed by atoms with van der Waals surface area (Å²) in [7, 11) is 0. The summed E-state index contributed by atoms with van der Waals surface area (Å²) in [5.41, 5.74) is 0.407. The second kappa shape index (κ2) is 7.83. The molecule has 1 atom stereocenters. The molecule has 0 radical (unpaired) electrons. The minimum atomic E-state index is -0.983. The minimum absolute atomic E-state index is 0.198. The Morgan fingerprint density at radius 3 is 2.29 bits per heavy atom. The molecule has 0 aliphatic carbocycles. The van der Waals surface area contributed by atoms with Gasteiger partial charge in [0.2, 0.25) is 0 Å². The van der Waals surface area contributed by atoms with Crippen molar-refractivity contribution in [2.75, 3.05) is 13.1 Å². The maximum atomic E-state index is 13.4. The van der Waals surface area contributed by atoms with Crippen LogP contribution in [0.2, 0.25) is 0 Å². The monoisotopic (exact) mass is 335 g/mol. The van der Waals surface area contributed by atoms with Crippen LogP contribution in [0.4, 0.5) is 8.78 Å². The molecule has 2 N–H and O–H groups in total. The lowest BCUT2D eigenvalue weighted by molar-refractivity contribution is 0.0150. The average Bonchev–Trinajstić information content (AvgIpc) is 2.49. The predicted octanol–water partition coefficient (Wildman–Crippen LogP) is 3.27. The number of nitrogens with zero attached hydrogens (tertiary/aromatic N) is 1. The van der Waals surface area contributed by atoms with Gasteiger partial charge in [-0.1, -0.05) is 36.4 Å². The summed E-state index contributed by atoms with van der Waals surface area (Å²) in [6.07, 6.45) is -0.980. The molecule has 2 rings (SSSR count). The summed E-state index contributed by atoms with van der Waals surface area (Å²) in [6.45, 7) is 4.45. The molecule has 5 heteroatoms. The third kappa shape index (κ3) is 5.67. The van der Waals surface area contributed by atoms with Crippen LogP contribution < -0.4 is 0 Å². The van der Waals surface area contributed by atoms with Gasteiger partial charge in [-0.3, -0.25) is 4.90 Å². The summed E-state index contributed by atoms with van der Waals surface area (Å²) in [4.78, 5) is 1.89. The van der Waals surface area contributed by atoms with Crippen molar-refractivity contribution < 1.29 is 19.0 Å². The van der Waals surface area contributed by atoms with E-state index in [2.05, 4.69) is 0 Å². The van der Waals surface area contributed by atoms with Crippen molar-refractivity contribution in [1.29, 1.82) is 0 Å². The van der Waals surface area contributed by atoms with Crippen LogP contribution in [0, 0.1) is 11.6 Å². The van der Waals surface area contributed by atoms with E-state index in [1.807, 2.05) is 35.2 Å². The Hall–Kier alpha value is -1.82. The maximum Gasteiger partial charge on any atom is 0.159 e. The van der Waals surface area contributed by atoms with Crippen LogP contribution in [0.3, 0.4) is 0 Å². The number of rotatable bonds is 7. The molecule has 0 aromatic heterocycles. The molecule has 24 heavy (non-hydrogen) atoms. The quantitative estimate of drug-likeness (QED) is 0.816. The van der Waals surface area contributed by atoms with Crippen molar-refractivity contribution in [2.45, 2.75) is 32.1 Å². The van der Waals surface area contributed by atoms with Crippen molar-refractivity contribution in [3.8, 4) is 0 Å². The molecule has 1 unspecified atom stereocenters. The van der Waals surface area contributed by atoms with Gasteiger partial charge in [-0.15, -0.1) is 0 Å². The van der Waals surface area contributed by atoms with Gasteiger partial charge < -0.3 is 10.2 Å². The van der Waals surface area contributed by atoms with Crippen LogP contribution >= 0.6 is 0 Å². The Kier molecular flexibility index (Phi) is 6.04. The van der Waals surface area contributed by atoms with E-state index in [9.17, 15) is 19.0 Å². The number of benzene rings is 2. The molecule has 0 bridgehead atoms. The van der Waals surface area contributed by atoms with Gasteiger partial charge in [0, 0.05) is 19.6 Å². The number of hydrogen-bond acceptors (Lipinski definition) is 3. The van der Waals surface area contributed by atoms with Crippen LogP contribution in [0.15, 0.2) is 48.5 Å². The Morgan fingerprint density at radius 2 is 1.71 bits per heavy atom. The van der Waals surface area contributed by atoms with Crippen LogP contribution in [-0.4, -0.2) is 33.8 Å². The molecule has 2 aromatic rings. The van der Waals surface area contributed by atoms with Gasteiger partial charge in [-0.05, 0) is 37.1 Å². The van der Waals surface area contributed by atoms with E-state index < -0.39 is 23.3 Å². The fraction of sp³-hybridized carbons (Fsp3) is 0.368. The lowest BCUT2D eigenvalue weighted by atomic mass is 10.1. The highest BCUT2D eigenvalue weighted by Crippen LogP contribution is 2.20.